The van der Waals surface area contributed by atoms with E-state index in [1.165, 1.54) is 13.1 Å². The van der Waals surface area contributed by atoms with E-state index < -0.39 is 41.2 Å². The Morgan fingerprint density at radius 2 is 1.83 bits per heavy atom. The van der Waals surface area contributed by atoms with Gasteiger partial charge in [0.1, 0.15) is 0 Å². The third-order valence-electron chi connectivity index (χ3n) is 3.88. The summed E-state index contributed by atoms with van der Waals surface area (Å²) in [5.41, 5.74) is 6.18. The van der Waals surface area contributed by atoms with E-state index in [1.807, 2.05) is 0 Å². The summed E-state index contributed by atoms with van der Waals surface area (Å²) in [5, 5.41) is 4.78. The third-order valence-corrected chi connectivity index (χ3v) is 3.88. The van der Waals surface area contributed by atoms with Crippen LogP contribution in [0.1, 0.15) is 26.3 Å². The predicted molar refractivity (Wildman–Crippen MR) is 103 cm³/mol. The molecular weight excluding hydrogens is 385 g/mol. The first-order valence-electron chi connectivity index (χ1n) is 8.44. The summed E-state index contributed by atoms with van der Waals surface area (Å²) in [6, 6.07) is 9.07. The molecule has 0 aromatic heterocycles. The average Bonchev–Trinajstić information content (AvgIpc) is 2.71. The van der Waals surface area contributed by atoms with Crippen LogP contribution in [0, 0.1) is 18.6 Å². The highest BCUT2D eigenvalue weighted by atomic mass is 19.2. The number of carbonyl (C=O) groups excluding carboxylic acids is 2. The summed E-state index contributed by atoms with van der Waals surface area (Å²) in [6.45, 7) is 1.78. The Morgan fingerprint density at radius 3 is 2.45 bits per heavy atom. The fraction of sp³-hybridized carbons (Fsp3) is 0.150. The molecule has 9 heteroatoms. The number of amidine groups is 1. The number of hydrogen-bond acceptors (Lipinski definition) is 4. The van der Waals surface area contributed by atoms with E-state index in [0.717, 1.165) is 23.9 Å². The first kappa shape index (κ1) is 21.7. The molecule has 29 heavy (non-hydrogen) atoms. The number of benzene rings is 2. The van der Waals surface area contributed by atoms with Gasteiger partial charge in [-0.1, -0.05) is 17.7 Å². The van der Waals surface area contributed by atoms with Gasteiger partial charge in [0, 0.05) is 24.4 Å². The molecule has 0 bridgehead atoms. The molecule has 2 rings (SSSR count). The number of rotatable bonds is 7. The van der Waals surface area contributed by atoms with Gasteiger partial charge in [0.25, 0.3) is 5.91 Å². The topological polar surface area (TPSA) is 96.6 Å². The molecule has 4 N–H and O–H groups in total. The monoisotopic (exact) mass is 404 g/mol. The van der Waals surface area contributed by atoms with Crippen LogP contribution in [0.15, 0.2) is 59.5 Å². The molecule has 1 amide bonds. The number of halogens is 3. The van der Waals surface area contributed by atoms with Crippen molar-refractivity contribution in [3.8, 4) is 0 Å². The molecular formula is C20H19F3N4O2. The second-order valence-corrected chi connectivity index (χ2v) is 6.04. The summed E-state index contributed by atoms with van der Waals surface area (Å²) >= 11 is 0. The fourth-order valence-corrected chi connectivity index (χ4v) is 2.34. The van der Waals surface area contributed by atoms with Gasteiger partial charge in [-0.15, -0.1) is 0 Å². The normalized spacial score (nSPS) is 13.0. The zero-order valence-corrected chi connectivity index (χ0v) is 15.7. The van der Waals surface area contributed by atoms with Crippen LogP contribution in [-0.4, -0.2) is 30.7 Å². The van der Waals surface area contributed by atoms with Gasteiger partial charge in [0.15, 0.2) is 29.5 Å². The Morgan fingerprint density at radius 1 is 1.10 bits per heavy atom. The first-order valence-corrected chi connectivity index (χ1v) is 8.44. The van der Waals surface area contributed by atoms with E-state index in [1.54, 1.807) is 25.1 Å². The Hall–Kier alpha value is -3.62. The predicted octanol–water partition coefficient (Wildman–Crippen LogP) is 2.60. The molecule has 0 aliphatic rings. The minimum Gasteiger partial charge on any atom is -0.382 e. The number of carbonyl (C=O) groups is 2. The SMILES string of the molecule is CN=C(N)/C(F)=C\NC(NC(=O)c1cccc(C)c1)C(=O)c1ccc(F)c(F)c1. The van der Waals surface area contributed by atoms with Crippen LogP contribution in [0.2, 0.25) is 0 Å². The lowest BCUT2D eigenvalue weighted by molar-refractivity contribution is 0.0846. The fourth-order valence-electron chi connectivity index (χ4n) is 2.34. The molecule has 6 nitrogen and oxygen atoms in total. The summed E-state index contributed by atoms with van der Waals surface area (Å²) in [5.74, 6) is -5.22. The number of hydrogen-bond donors (Lipinski definition) is 3. The van der Waals surface area contributed by atoms with Crippen LogP contribution in [-0.2, 0) is 0 Å². The molecule has 1 atom stereocenters. The molecule has 0 radical (unpaired) electrons. The van der Waals surface area contributed by atoms with E-state index >= 15 is 0 Å². The second kappa shape index (κ2) is 9.54. The molecule has 2 aromatic carbocycles. The number of nitrogens with zero attached hydrogens (tertiary/aromatic N) is 1. The van der Waals surface area contributed by atoms with Crippen LogP contribution >= 0.6 is 0 Å². The Balaban J connectivity index is 2.32. The third kappa shape index (κ3) is 5.68. The lowest BCUT2D eigenvalue weighted by Gasteiger charge is -2.18. The minimum absolute atomic E-state index is 0.225. The van der Waals surface area contributed by atoms with Crippen molar-refractivity contribution in [2.24, 2.45) is 10.7 Å². The van der Waals surface area contributed by atoms with Crippen molar-refractivity contribution in [2.45, 2.75) is 13.1 Å². The number of nitrogens with one attached hydrogen (secondary N) is 2. The van der Waals surface area contributed by atoms with E-state index in [-0.39, 0.29) is 11.1 Å². The van der Waals surface area contributed by atoms with Crippen molar-refractivity contribution < 1.29 is 22.8 Å². The maximum atomic E-state index is 13.9. The summed E-state index contributed by atoms with van der Waals surface area (Å²) in [6.07, 6.45) is -0.732. The largest absolute Gasteiger partial charge is 0.382 e. The zero-order chi connectivity index (χ0) is 21.6. The molecule has 0 saturated heterocycles. The first-order chi connectivity index (χ1) is 13.7. The van der Waals surface area contributed by atoms with Crippen LogP contribution < -0.4 is 16.4 Å². The molecule has 0 fully saturated rings. The van der Waals surface area contributed by atoms with Gasteiger partial charge in [-0.05, 0) is 37.3 Å². The van der Waals surface area contributed by atoms with E-state index in [9.17, 15) is 22.8 Å². The Labute approximate surface area is 165 Å². The highest BCUT2D eigenvalue weighted by Gasteiger charge is 2.23. The van der Waals surface area contributed by atoms with Gasteiger partial charge in [-0.2, -0.15) is 0 Å². The van der Waals surface area contributed by atoms with Gasteiger partial charge in [0.05, 0.1) is 0 Å². The molecule has 0 spiro atoms. The van der Waals surface area contributed by atoms with Crippen LogP contribution in [0.5, 0.6) is 0 Å². The molecule has 0 heterocycles. The zero-order valence-electron chi connectivity index (χ0n) is 15.7. The number of aliphatic imine (C=N–C) groups is 1. The highest BCUT2D eigenvalue weighted by molar-refractivity contribution is 6.04. The van der Waals surface area contributed by atoms with Crippen molar-refractivity contribution in [1.29, 1.82) is 0 Å². The average molecular weight is 404 g/mol. The van der Waals surface area contributed by atoms with Crippen LogP contribution in [0.3, 0.4) is 0 Å². The van der Waals surface area contributed by atoms with Gasteiger partial charge in [0.2, 0.25) is 5.78 Å². The van der Waals surface area contributed by atoms with Crippen molar-refractivity contribution in [2.75, 3.05) is 7.05 Å². The second-order valence-electron chi connectivity index (χ2n) is 6.04. The van der Waals surface area contributed by atoms with Crippen molar-refractivity contribution in [3.63, 3.8) is 0 Å². The molecule has 2 aromatic rings. The Kier molecular flexibility index (Phi) is 7.13. The van der Waals surface area contributed by atoms with Crippen LogP contribution in [0.4, 0.5) is 13.2 Å². The Bertz CT molecular complexity index is 989. The highest BCUT2D eigenvalue weighted by Crippen LogP contribution is 2.11. The number of Topliss-reactive ketones (excluding diaryl/α,β-unsaturated/α-hetero) is 1. The lowest BCUT2D eigenvalue weighted by atomic mass is 10.1. The number of amides is 1. The maximum Gasteiger partial charge on any atom is 0.253 e. The molecule has 1 unspecified atom stereocenters. The molecule has 0 aliphatic carbocycles. The standard InChI is InChI=1S/C20H19F3N4O2/c1-11-4-3-5-13(8-11)20(29)27-19(26-10-16(23)18(24)25-2)17(28)12-6-7-14(21)15(22)9-12/h3-10,19,26H,1-2H3,(H2,24,25)(H,27,29)/b16-10+. The van der Waals surface area contributed by atoms with Crippen LogP contribution in [0.25, 0.3) is 0 Å². The number of ketones is 1. The van der Waals surface area contributed by atoms with Crippen molar-refractivity contribution >= 4 is 17.5 Å². The smallest absolute Gasteiger partial charge is 0.253 e. The summed E-state index contributed by atoms with van der Waals surface area (Å²) in [7, 11) is 1.27. The van der Waals surface area contributed by atoms with E-state index in [2.05, 4.69) is 15.6 Å². The molecule has 152 valence electrons. The van der Waals surface area contributed by atoms with Gasteiger partial charge in [-0.3, -0.25) is 14.6 Å². The summed E-state index contributed by atoms with van der Waals surface area (Å²) < 4.78 is 40.5. The molecule has 0 aliphatic heterocycles. The van der Waals surface area contributed by atoms with Gasteiger partial charge in [-0.25, -0.2) is 13.2 Å². The quantitative estimate of drug-likeness (QED) is 0.286. The maximum absolute atomic E-state index is 13.9. The molecule has 0 saturated carbocycles. The van der Waals surface area contributed by atoms with Gasteiger partial charge < -0.3 is 16.4 Å². The number of nitrogens with two attached hydrogens (primary N) is 1. The van der Waals surface area contributed by atoms with E-state index in [0.29, 0.717) is 6.07 Å². The van der Waals surface area contributed by atoms with E-state index in [4.69, 9.17) is 5.73 Å². The lowest BCUT2D eigenvalue weighted by Crippen LogP contribution is -2.49. The number of aryl methyl sites for hydroxylation is 1. The van der Waals surface area contributed by atoms with Crippen molar-refractivity contribution in [3.05, 3.63) is 82.8 Å². The van der Waals surface area contributed by atoms with Gasteiger partial charge >= 0.3 is 0 Å². The van der Waals surface area contributed by atoms with Crippen molar-refractivity contribution in [1.82, 2.24) is 10.6 Å². The summed E-state index contributed by atoms with van der Waals surface area (Å²) in [4.78, 5) is 28.7. The minimum atomic E-state index is -1.48.